The molecule has 0 N–H and O–H groups in total. The van der Waals surface area contributed by atoms with Crippen molar-refractivity contribution in [2.45, 2.75) is 0 Å². The van der Waals surface area contributed by atoms with Gasteiger partial charge in [-0.1, -0.05) is 0 Å². The van der Waals surface area contributed by atoms with Crippen LogP contribution in [-0.2, 0) is 0 Å². The third kappa shape index (κ3) is 1.67. The van der Waals surface area contributed by atoms with Crippen LogP contribution in [0.15, 0.2) is 30.5 Å². The molecule has 0 spiro atoms. The average molecular weight is 300 g/mol. The van der Waals surface area contributed by atoms with Crippen molar-refractivity contribution in [2.75, 3.05) is 0 Å². The lowest BCUT2D eigenvalue weighted by Crippen LogP contribution is -1.89. The molecule has 0 fully saturated rings. The summed E-state index contributed by atoms with van der Waals surface area (Å²) >= 11 is 2.16. The molecular weight excluding hydrogens is 295 g/mol. The average Bonchev–Trinajstić information content (AvgIpc) is 2.16. The van der Waals surface area contributed by atoms with Gasteiger partial charge < -0.3 is 0 Å². The number of aromatic nitrogens is 1. The van der Waals surface area contributed by atoms with E-state index in [0.717, 1.165) is 14.5 Å². The first-order valence-corrected chi connectivity index (χ1v) is 4.94. The molecule has 70 valence electrons. The van der Waals surface area contributed by atoms with E-state index in [1.54, 1.807) is 0 Å². The molecule has 1 aromatic heterocycles. The van der Waals surface area contributed by atoms with Gasteiger partial charge in [-0.25, -0.2) is 4.98 Å². The largest absolute Gasteiger partial charge is 0.288 e. The summed E-state index contributed by atoms with van der Waals surface area (Å²) in [6.45, 7) is 0. The minimum absolute atomic E-state index is 0.0273. The predicted molar refractivity (Wildman–Crippen MR) is 61.1 cm³/mol. The Labute approximate surface area is 93.2 Å². The van der Waals surface area contributed by atoms with Crippen molar-refractivity contribution in [1.82, 2.24) is 4.98 Å². The van der Waals surface area contributed by atoms with Crippen molar-refractivity contribution in [3.05, 3.63) is 44.1 Å². The van der Waals surface area contributed by atoms with Gasteiger partial charge >= 0.3 is 0 Å². The van der Waals surface area contributed by atoms with Crippen LogP contribution in [0.25, 0.3) is 10.9 Å². The van der Waals surface area contributed by atoms with Crippen LogP contribution in [0.3, 0.4) is 0 Å². The second kappa shape index (κ2) is 3.49. The summed E-state index contributed by atoms with van der Waals surface area (Å²) < 4.78 is 1.04. The Kier molecular flexibility index (Phi) is 2.32. The van der Waals surface area contributed by atoms with E-state index < -0.39 is 4.92 Å². The SMILES string of the molecule is O=[N+]([O-])c1cnc2ccc(I)cc2c1. The lowest BCUT2D eigenvalue weighted by molar-refractivity contribution is -0.385. The molecule has 0 saturated heterocycles. The fourth-order valence-corrected chi connectivity index (χ4v) is 1.71. The molecule has 4 nitrogen and oxygen atoms in total. The number of benzene rings is 1. The Bertz CT molecular complexity index is 513. The summed E-state index contributed by atoms with van der Waals surface area (Å²) in [4.78, 5) is 14.1. The highest BCUT2D eigenvalue weighted by Crippen LogP contribution is 2.20. The molecule has 2 rings (SSSR count). The molecule has 0 aliphatic carbocycles. The first-order chi connectivity index (χ1) is 6.66. The highest BCUT2D eigenvalue weighted by atomic mass is 127. The summed E-state index contributed by atoms with van der Waals surface area (Å²) in [7, 11) is 0. The van der Waals surface area contributed by atoms with Gasteiger partial charge in [-0.2, -0.15) is 0 Å². The highest BCUT2D eigenvalue weighted by molar-refractivity contribution is 14.1. The van der Waals surface area contributed by atoms with E-state index in [9.17, 15) is 10.1 Å². The van der Waals surface area contributed by atoms with Gasteiger partial charge in [-0.15, -0.1) is 0 Å². The fourth-order valence-electron chi connectivity index (χ4n) is 1.19. The van der Waals surface area contributed by atoms with E-state index in [1.807, 2.05) is 18.2 Å². The Hall–Kier alpha value is -1.24. The summed E-state index contributed by atoms with van der Waals surface area (Å²) in [5.41, 5.74) is 0.801. The van der Waals surface area contributed by atoms with Gasteiger partial charge in [0.2, 0.25) is 0 Å². The molecule has 0 bridgehead atoms. The topological polar surface area (TPSA) is 56.0 Å². The van der Waals surface area contributed by atoms with E-state index in [2.05, 4.69) is 27.6 Å². The van der Waals surface area contributed by atoms with Crippen LogP contribution in [-0.4, -0.2) is 9.91 Å². The Balaban J connectivity index is 2.69. The van der Waals surface area contributed by atoms with Crippen molar-refractivity contribution in [3.63, 3.8) is 0 Å². The molecule has 0 unspecified atom stereocenters. The number of halogens is 1. The lowest BCUT2D eigenvalue weighted by Gasteiger charge is -1.97. The van der Waals surface area contributed by atoms with E-state index in [1.165, 1.54) is 12.3 Å². The van der Waals surface area contributed by atoms with E-state index in [4.69, 9.17) is 0 Å². The minimum atomic E-state index is -0.438. The quantitative estimate of drug-likeness (QED) is 0.462. The summed E-state index contributed by atoms with van der Waals surface area (Å²) in [6, 6.07) is 7.17. The number of hydrogen-bond donors (Lipinski definition) is 0. The maximum atomic E-state index is 10.5. The van der Waals surface area contributed by atoms with Gasteiger partial charge in [-0.3, -0.25) is 10.1 Å². The zero-order valence-corrected chi connectivity index (χ0v) is 9.13. The predicted octanol–water partition coefficient (Wildman–Crippen LogP) is 2.75. The summed E-state index contributed by atoms with van der Waals surface area (Å²) in [5.74, 6) is 0. The zero-order chi connectivity index (χ0) is 10.1. The van der Waals surface area contributed by atoms with Gasteiger partial charge in [-0.05, 0) is 40.8 Å². The van der Waals surface area contributed by atoms with Crippen molar-refractivity contribution >= 4 is 39.2 Å². The number of pyridine rings is 1. The van der Waals surface area contributed by atoms with E-state index >= 15 is 0 Å². The summed E-state index contributed by atoms with van der Waals surface area (Å²) in [5, 5.41) is 11.3. The molecule has 0 aliphatic heterocycles. The van der Waals surface area contributed by atoms with Crippen LogP contribution in [0.1, 0.15) is 0 Å². The van der Waals surface area contributed by atoms with E-state index in [-0.39, 0.29) is 5.69 Å². The van der Waals surface area contributed by atoms with Crippen LogP contribution in [0.5, 0.6) is 0 Å². The monoisotopic (exact) mass is 300 g/mol. The third-order valence-corrected chi connectivity index (χ3v) is 2.51. The van der Waals surface area contributed by atoms with Crippen molar-refractivity contribution in [2.24, 2.45) is 0 Å². The van der Waals surface area contributed by atoms with Crippen molar-refractivity contribution < 1.29 is 4.92 Å². The van der Waals surface area contributed by atoms with Gasteiger partial charge in [0, 0.05) is 15.0 Å². The molecule has 0 amide bonds. The summed E-state index contributed by atoms with van der Waals surface area (Å²) in [6.07, 6.45) is 1.27. The highest BCUT2D eigenvalue weighted by Gasteiger charge is 2.06. The zero-order valence-electron chi connectivity index (χ0n) is 6.98. The van der Waals surface area contributed by atoms with Crippen LogP contribution in [0, 0.1) is 13.7 Å². The minimum Gasteiger partial charge on any atom is -0.258 e. The molecule has 0 atom stereocenters. The van der Waals surface area contributed by atoms with Gasteiger partial charge in [0.15, 0.2) is 0 Å². The maximum Gasteiger partial charge on any atom is 0.288 e. The molecule has 0 aliphatic rings. The van der Waals surface area contributed by atoms with Gasteiger partial charge in [0.25, 0.3) is 5.69 Å². The first kappa shape index (κ1) is 9.32. The molecular formula is C9H5IN2O2. The molecule has 1 aromatic carbocycles. The molecule has 0 radical (unpaired) electrons. The Morgan fingerprint density at radius 3 is 2.86 bits per heavy atom. The standard InChI is InChI=1S/C9H5IN2O2/c10-7-1-2-9-6(3-7)4-8(5-11-9)12(13)14/h1-5H. The Morgan fingerprint density at radius 2 is 2.14 bits per heavy atom. The van der Waals surface area contributed by atoms with Crippen LogP contribution in [0.4, 0.5) is 5.69 Å². The first-order valence-electron chi connectivity index (χ1n) is 3.86. The van der Waals surface area contributed by atoms with Crippen LogP contribution in [0.2, 0.25) is 0 Å². The molecule has 14 heavy (non-hydrogen) atoms. The molecule has 0 saturated carbocycles. The Morgan fingerprint density at radius 1 is 1.36 bits per heavy atom. The van der Waals surface area contributed by atoms with E-state index in [0.29, 0.717) is 0 Å². The van der Waals surface area contributed by atoms with Crippen molar-refractivity contribution in [3.8, 4) is 0 Å². The van der Waals surface area contributed by atoms with Gasteiger partial charge in [0.1, 0.15) is 6.20 Å². The number of nitro groups is 1. The smallest absolute Gasteiger partial charge is 0.258 e. The third-order valence-electron chi connectivity index (χ3n) is 1.84. The number of hydrogen-bond acceptors (Lipinski definition) is 3. The lowest BCUT2D eigenvalue weighted by atomic mass is 10.2. The number of nitrogens with zero attached hydrogens (tertiary/aromatic N) is 2. The number of rotatable bonds is 1. The molecule has 2 aromatic rings. The normalized spacial score (nSPS) is 10.4. The van der Waals surface area contributed by atoms with Crippen LogP contribution < -0.4 is 0 Å². The number of fused-ring (bicyclic) bond motifs is 1. The molecule has 1 heterocycles. The second-order valence-electron chi connectivity index (χ2n) is 2.79. The second-order valence-corrected chi connectivity index (χ2v) is 4.03. The fraction of sp³-hybridized carbons (Fsp3) is 0. The van der Waals surface area contributed by atoms with Crippen molar-refractivity contribution in [1.29, 1.82) is 0 Å². The molecule has 5 heteroatoms. The van der Waals surface area contributed by atoms with Crippen LogP contribution >= 0.6 is 22.6 Å². The maximum absolute atomic E-state index is 10.5. The van der Waals surface area contributed by atoms with Gasteiger partial charge in [0.05, 0.1) is 10.4 Å².